The van der Waals surface area contributed by atoms with Gasteiger partial charge < -0.3 is 10.2 Å². The van der Waals surface area contributed by atoms with Gasteiger partial charge in [-0.05, 0) is 48.8 Å². The fraction of sp³-hybridized carbons (Fsp3) is 0.619. The molecule has 4 unspecified atom stereocenters. The molecule has 1 aromatic carbocycles. The minimum atomic E-state index is -0.429. The number of nitrogens with zero attached hydrogens (tertiary/aromatic N) is 1. The Labute approximate surface area is 165 Å². The van der Waals surface area contributed by atoms with E-state index in [9.17, 15) is 14.0 Å². The lowest BCUT2D eigenvalue weighted by atomic mass is 9.96. The van der Waals surface area contributed by atoms with Gasteiger partial charge in [0.2, 0.25) is 11.8 Å². The average Bonchev–Trinajstić information content (AvgIpc) is 3.36. The van der Waals surface area contributed by atoms with E-state index in [-0.39, 0.29) is 35.5 Å². The molecule has 6 heteroatoms. The first kappa shape index (κ1) is 20.1. The number of amides is 2. The molecule has 0 aromatic heterocycles. The SMILES string of the molecule is CCCC1CN(C(=O)C2CC2c2ccc(Cl)cc2F)C(CC(C)C)C(=O)N1. The van der Waals surface area contributed by atoms with Crippen molar-refractivity contribution in [2.75, 3.05) is 6.54 Å². The zero-order chi connectivity index (χ0) is 19.7. The lowest BCUT2D eigenvalue weighted by Crippen LogP contribution is -2.62. The molecule has 2 fully saturated rings. The van der Waals surface area contributed by atoms with E-state index in [1.807, 2.05) is 0 Å². The second kappa shape index (κ2) is 8.17. The molecule has 1 heterocycles. The van der Waals surface area contributed by atoms with Gasteiger partial charge in [-0.1, -0.05) is 44.9 Å². The summed E-state index contributed by atoms with van der Waals surface area (Å²) < 4.78 is 14.2. The van der Waals surface area contributed by atoms with Crippen LogP contribution in [0.2, 0.25) is 5.02 Å². The highest BCUT2D eigenvalue weighted by atomic mass is 35.5. The predicted octanol–water partition coefficient (Wildman–Crippen LogP) is 4.12. The Balaban J connectivity index is 1.76. The zero-order valence-electron chi connectivity index (χ0n) is 16.2. The normalized spacial score (nSPS) is 27.6. The number of carbonyl (C=O) groups excluding carboxylic acids is 2. The third-order valence-corrected chi connectivity index (χ3v) is 5.76. The van der Waals surface area contributed by atoms with Crippen molar-refractivity contribution in [1.82, 2.24) is 10.2 Å². The molecule has 0 bridgehead atoms. The molecule has 4 nitrogen and oxygen atoms in total. The Hall–Kier alpha value is -1.62. The number of hydrogen-bond acceptors (Lipinski definition) is 2. The number of piperazine rings is 1. The molecule has 1 N–H and O–H groups in total. The Morgan fingerprint density at radius 2 is 2.15 bits per heavy atom. The summed E-state index contributed by atoms with van der Waals surface area (Å²) in [5.41, 5.74) is 0.546. The molecule has 0 radical (unpaired) electrons. The molecule has 0 spiro atoms. The summed E-state index contributed by atoms with van der Waals surface area (Å²) in [4.78, 5) is 27.6. The van der Waals surface area contributed by atoms with Crippen molar-refractivity contribution in [2.24, 2.45) is 11.8 Å². The maximum absolute atomic E-state index is 14.2. The van der Waals surface area contributed by atoms with Crippen molar-refractivity contribution < 1.29 is 14.0 Å². The highest BCUT2D eigenvalue weighted by Crippen LogP contribution is 2.50. The molecule has 1 saturated heterocycles. The number of carbonyl (C=O) groups is 2. The Morgan fingerprint density at radius 1 is 1.41 bits per heavy atom. The molecule has 2 amide bonds. The van der Waals surface area contributed by atoms with Crippen LogP contribution in [-0.4, -0.2) is 35.3 Å². The van der Waals surface area contributed by atoms with Crippen LogP contribution in [0.4, 0.5) is 4.39 Å². The third-order valence-electron chi connectivity index (χ3n) is 5.53. The monoisotopic (exact) mass is 394 g/mol. The van der Waals surface area contributed by atoms with E-state index in [1.165, 1.54) is 6.07 Å². The van der Waals surface area contributed by atoms with Crippen molar-refractivity contribution >= 4 is 23.4 Å². The lowest BCUT2D eigenvalue weighted by Gasteiger charge is -2.40. The van der Waals surface area contributed by atoms with Crippen molar-refractivity contribution in [3.05, 3.63) is 34.6 Å². The minimum Gasteiger partial charge on any atom is -0.350 e. The number of hydrogen-bond donors (Lipinski definition) is 1. The molecule has 148 valence electrons. The molecular weight excluding hydrogens is 367 g/mol. The van der Waals surface area contributed by atoms with E-state index < -0.39 is 6.04 Å². The molecule has 2 aliphatic rings. The minimum absolute atomic E-state index is 0.000620. The fourth-order valence-electron chi connectivity index (χ4n) is 4.11. The molecule has 1 saturated carbocycles. The quantitative estimate of drug-likeness (QED) is 0.788. The molecule has 27 heavy (non-hydrogen) atoms. The van der Waals surface area contributed by atoms with Crippen LogP contribution in [-0.2, 0) is 9.59 Å². The number of rotatable bonds is 6. The summed E-state index contributed by atoms with van der Waals surface area (Å²) in [6.45, 7) is 6.72. The van der Waals surface area contributed by atoms with Crippen molar-refractivity contribution in [3.8, 4) is 0 Å². The Kier molecular flexibility index (Phi) is 6.09. The summed E-state index contributed by atoms with van der Waals surface area (Å²) in [6.07, 6.45) is 3.07. The summed E-state index contributed by atoms with van der Waals surface area (Å²) >= 11 is 5.83. The van der Waals surface area contributed by atoms with E-state index in [2.05, 4.69) is 26.1 Å². The highest BCUT2D eigenvalue weighted by Gasteiger charge is 2.50. The lowest BCUT2D eigenvalue weighted by molar-refractivity contribution is -0.146. The average molecular weight is 395 g/mol. The van der Waals surface area contributed by atoms with Gasteiger partial charge in [-0.25, -0.2) is 4.39 Å². The number of benzene rings is 1. The summed E-state index contributed by atoms with van der Waals surface area (Å²) in [5, 5.41) is 3.42. The van der Waals surface area contributed by atoms with E-state index in [1.54, 1.807) is 17.0 Å². The Bertz CT molecular complexity index is 724. The third kappa shape index (κ3) is 4.45. The molecule has 1 aliphatic heterocycles. The van der Waals surface area contributed by atoms with Crippen LogP contribution in [0, 0.1) is 17.7 Å². The smallest absolute Gasteiger partial charge is 0.243 e. The van der Waals surface area contributed by atoms with Gasteiger partial charge in [-0.3, -0.25) is 9.59 Å². The van der Waals surface area contributed by atoms with Gasteiger partial charge in [0, 0.05) is 23.5 Å². The van der Waals surface area contributed by atoms with Crippen LogP contribution in [0.1, 0.15) is 57.9 Å². The first-order chi connectivity index (χ1) is 12.8. The topological polar surface area (TPSA) is 49.4 Å². The van der Waals surface area contributed by atoms with Gasteiger partial charge in [0.25, 0.3) is 0 Å². The maximum atomic E-state index is 14.2. The van der Waals surface area contributed by atoms with Gasteiger partial charge in [0.15, 0.2) is 0 Å². The van der Waals surface area contributed by atoms with Crippen LogP contribution in [0.3, 0.4) is 0 Å². The maximum Gasteiger partial charge on any atom is 0.243 e. The van der Waals surface area contributed by atoms with E-state index in [4.69, 9.17) is 11.6 Å². The van der Waals surface area contributed by atoms with Gasteiger partial charge in [-0.2, -0.15) is 0 Å². The van der Waals surface area contributed by atoms with Gasteiger partial charge in [0.05, 0.1) is 0 Å². The Morgan fingerprint density at radius 3 is 2.78 bits per heavy atom. The van der Waals surface area contributed by atoms with Crippen LogP contribution >= 0.6 is 11.6 Å². The molecule has 4 atom stereocenters. The first-order valence-corrected chi connectivity index (χ1v) is 10.2. The van der Waals surface area contributed by atoms with E-state index in [0.29, 0.717) is 35.9 Å². The molecular formula is C21H28ClFN2O2. The molecule has 1 aromatic rings. The van der Waals surface area contributed by atoms with Gasteiger partial charge >= 0.3 is 0 Å². The molecule has 1 aliphatic carbocycles. The van der Waals surface area contributed by atoms with Crippen LogP contribution in [0.25, 0.3) is 0 Å². The van der Waals surface area contributed by atoms with Crippen molar-refractivity contribution in [3.63, 3.8) is 0 Å². The van der Waals surface area contributed by atoms with Crippen LogP contribution in [0.15, 0.2) is 18.2 Å². The zero-order valence-corrected chi connectivity index (χ0v) is 16.9. The second-order valence-corrected chi connectivity index (χ2v) is 8.68. The standard InChI is InChI=1S/C21H28ClFN2O2/c1-4-5-14-11-25(19(8-12(2)3)20(26)24-14)21(27)17-10-16(17)15-7-6-13(22)9-18(15)23/h6-7,9,12,14,16-17,19H,4-5,8,10-11H2,1-3H3,(H,24,26). The van der Waals surface area contributed by atoms with Crippen LogP contribution in [0.5, 0.6) is 0 Å². The van der Waals surface area contributed by atoms with Crippen molar-refractivity contribution in [1.29, 1.82) is 0 Å². The predicted molar refractivity (Wildman–Crippen MR) is 104 cm³/mol. The number of nitrogens with one attached hydrogen (secondary N) is 1. The number of halogens is 2. The summed E-state index contributed by atoms with van der Waals surface area (Å²) in [5.74, 6) is -0.496. The van der Waals surface area contributed by atoms with Gasteiger partial charge in [0.1, 0.15) is 11.9 Å². The molecule has 3 rings (SSSR count). The van der Waals surface area contributed by atoms with E-state index >= 15 is 0 Å². The fourth-order valence-corrected chi connectivity index (χ4v) is 4.27. The highest BCUT2D eigenvalue weighted by molar-refractivity contribution is 6.30. The largest absolute Gasteiger partial charge is 0.350 e. The second-order valence-electron chi connectivity index (χ2n) is 8.24. The first-order valence-electron chi connectivity index (χ1n) is 9.87. The summed E-state index contributed by atoms with van der Waals surface area (Å²) in [7, 11) is 0. The van der Waals surface area contributed by atoms with Crippen molar-refractivity contribution in [2.45, 2.75) is 64.5 Å². The summed E-state index contributed by atoms with van der Waals surface area (Å²) in [6, 6.07) is 4.20. The van der Waals surface area contributed by atoms with Crippen LogP contribution < -0.4 is 5.32 Å². The van der Waals surface area contributed by atoms with Gasteiger partial charge in [-0.15, -0.1) is 0 Å². The van der Waals surface area contributed by atoms with E-state index in [0.717, 1.165) is 12.8 Å².